The van der Waals surface area contributed by atoms with Gasteiger partial charge in [0.1, 0.15) is 31.4 Å². The largest absolute Gasteiger partial charge is 0.459 e. The van der Waals surface area contributed by atoms with E-state index in [1.54, 1.807) is 74.5 Å². The Morgan fingerprint density at radius 1 is 0.634 bits per heavy atom. The van der Waals surface area contributed by atoms with Gasteiger partial charge in [0, 0.05) is 6.92 Å². The molecule has 0 radical (unpaired) electrons. The summed E-state index contributed by atoms with van der Waals surface area (Å²) in [5.74, 6) is -8.10. The van der Waals surface area contributed by atoms with Crippen molar-refractivity contribution in [1.82, 2.24) is 15.1 Å². The lowest BCUT2D eigenvalue weighted by Gasteiger charge is -2.50. The van der Waals surface area contributed by atoms with Crippen LogP contribution < -0.4 is 5.32 Å². The number of hydrogen-bond donors (Lipinski definition) is 1. The molecule has 0 spiro atoms. The Kier molecular flexibility index (Phi) is 16.8. The number of benzene rings is 5. The van der Waals surface area contributed by atoms with Gasteiger partial charge in [0.05, 0.1) is 47.9 Å². The quantitative estimate of drug-likeness (QED) is 0.0343. The third kappa shape index (κ3) is 11.5. The summed E-state index contributed by atoms with van der Waals surface area (Å²) in [5, 5.41) is 0.715. The standard InChI is InChI=1S/C51H43Cl4N3O13/c1-27(2)24-33(56-51(66)68-25-29-16-8-4-9-17-29)44(60)57(28(3)59)47-41(58-45(61)35-36(46(58)62)38(53)40(55)39(54)37(35)52)43(71-50(65)32-22-14-7-15-23-32)42(70-49(64)31-20-12-6-13-21-31)34(69-47)26-67-48(63)30-18-10-5-11-19-30/h4-23,27,33-34,41-43,47H,24-26H2,1-3H3,(H,56,66)/t33-,34+,41+,42+,43+,47+/m0/s1. The molecule has 0 bridgehead atoms. The first-order valence-corrected chi connectivity index (χ1v) is 23.4. The Hall–Kier alpha value is -6.82. The predicted molar refractivity (Wildman–Crippen MR) is 258 cm³/mol. The van der Waals surface area contributed by atoms with Crippen LogP contribution in [-0.2, 0) is 39.9 Å². The number of hydrogen-bond acceptors (Lipinski definition) is 13. The summed E-state index contributed by atoms with van der Waals surface area (Å²) < 4.78 is 30.2. The SMILES string of the molecule is CC(=O)N(C(=O)[C@H](CC(C)C)NC(=O)OCc1ccccc1)[C@@H]1O[C@H](COC(=O)c2ccccc2)[C@@H](OC(=O)c2ccccc2)[C@H](OC(=O)c2ccccc2)[C@H]1N1C(=O)c2c(Cl)c(Cl)c(Cl)c(Cl)c2C1=O. The van der Waals surface area contributed by atoms with E-state index in [0.717, 1.165) is 6.92 Å². The molecular formula is C51H43Cl4N3O13. The van der Waals surface area contributed by atoms with E-state index in [2.05, 4.69) is 5.32 Å². The van der Waals surface area contributed by atoms with Crippen LogP contribution >= 0.6 is 46.4 Å². The number of nitrogens with zero attached hydrogens (tertiary/aromatic N) is 2. The van der Waals surface area contributed by atoms with Crippen molar-refractivity contribution in [3.05, 3.63) is 175 Å². The highest BCUT2D eigenvalue weighted by Gasteiger charge is 2.61. The normalized spacial score (nSPS) is 18.8. The molecule has 71 heavy (non-hydrogen) atoms. The van der Waals surface area contributed by atoms with Gasteiger partial charge in [0.25, 0.3) is 17.7 Å². The van der Waals surface area contributed by atoms with Crippen molar-refractivity contribution in [2.45, 2.75) is 70.4 Å². The minimum atomic E-state index is -2.22. The molecule has 0 saturated carbocycles. The Balaban J connectivity index is 1.41. The first-order valence-electron chi connectivity index (χ1n) is 21.9. The number of rotatable bonds is 15. The third-order valence-corrected chi connectivity index (χ3v) is 13.1. The molecule has 5 aromatic rings. The molecule has 2 aliphatic heterocycles. The number of carbonyl (C=O) groups excluding carboxylic acids is 8. The van der Waals surface area contributed by atoms with Gasteiger partial charge >= 0.3 is 24.0 Å². The fourth-order valence-corrected chi connectivity index (χ4v) is 9.03. The molecule has 5 aromatic carbocycles. The molecule has 2 aliphatic rings. The fraction of sp³-hybridized carbons (Fsp3) is 0.255. The lowest BCUT2D eigenvalue weighted by molar-refractivity contribution is -0.238. The zero-order valence-corrected chi connectivity index (χ0v) is 40.9. The number of ether oxygens (including phenoxy) is 5. The number of esters is 3. The van der Waals surface area contributed by atoms with Crippen molar-refractivity contribution >= 4 is 94.0 Å². The van der Waals surface area contributed by atoms with Crippen LogP contribution in [0.2, 0.25) is 20.1 Å². The van der Waals surface area contributed by atoms with Crippen molar-refractivity contribution in [1.29, 1.82) is 0 Å². The van der Waals surface area contributed by atoms with Crippen molar-refractivity contribution in [2.24, 2.45) is 5.92 Å². The topological polar surface area (TPSA) is 201 Å². The van der Waals surface area contributed by atoms with Gasteiger partial charge < -0.3 is 29.0 Å². The second-order valence-electron chi connectivity index (χ2n) is 16.6. The molecular weight excluding hydrogens is 1000 g/mol. The van der Waals surface area contributed by atoms with Crippen molar-refractivity contribution in [3.63, 3.8) is 0 Å². The average Bonchev–Trinajstić information content (AvgIpc) is 3.63. The van der Waals surface area contributed by atoms with Crippen LogP contribution in [0, 0.1) is 5.92 Å². The Morgan fingerprint density at radius 3 is 1.55 bits per heavy atom. The van der Waals surface area contributed by atoms with Crippen LogP contribution in [0.4, 0.5) is 4.79 Å². The van der Waals surface area contributed by atoms with E-state index in [1.165, 1.54) is 60.7 Å². The molecule has 5 amide bonds. The van der Waals surface area contributed by atoms with Gasteiger partial charge in [-0.1, -0.05) is 145 Å². The third-order valence-electron chi connectivity index (χ3n) is 11.3. The highest BCUT2D eigenvalue weighted by Crippen LogP contribution is 2.47. The molecule has 2 heterocycles. The molecule has 6 atom stereocenters. The summed E-state index contributed by atoms with van der Waals surface area (Å²) in [6.45, 7) is 3.41. The molecule has 0 aromatic heterocycles. The molecule has 7 rings (SSSR count). The number of nitrogens with one attached hydrogen (secondary N) is 1. The molecule has 16 nitrogen and oxygen atoms in total. The van der Waals surface area contributed by atoms with E-state index >= 15 is 4.79 Å². The minimum absolute atomic E-state index is 0.0230. The van der Waals surface area contributed by atoms with Gasteiger partial charge in [-0.3, -0.25) is 29.0 Å². The fourth-order valence-electron chi connectivity index (χ4n) is 8.02. The van der Waals surface area contributed by atoms with Gasteiger partial charge in [-0.25, -0.2) is 19.2 Å². The number of amides is 5. The smallest absolute Gasteiger partial charge is 0.408 e. The van der Waals surface area contributed by atoms with Crippen LogP contribution in [0.1, 0.15) is 84.5 Å². The molecule has 20 heteroatoms. The Bertz CT molecular complexity index is 2790. The maximum Gasteiger partial charge on any atom is 0.408 e. The highest BCUT2D eigenvalue weighted by atomic mass is 35.5. The zero-order chi connectivity index (χ0) is 51.1. The summed E-state index contributed by atoms with van der Waals surface area (Å²) in [6.07, 6.45) is -9.21. The maximum atomic E-state index is 15.2. The van der Waals surface area contributed by atoms with E-state index in [1.807, 2.05) is 0 Å². The number of imide groups is 2. The van der Waals surface area contributed by atoms with Crippen molar-refractivity contribution < 1.29 is 62.0 Å². The number of fused-ring (bicyclic) bond motifs is 1. The molecule has 1 N–H and O–H groups in total. The Labute approximate surface area is 426 Å². The molecule has 1 saturated heterocycles. The molecule has 0 aliphatic carbocycles. The monoisotopic (exact) mass is 1050 g/mol. The Morgan fingerprint density at radius 2 is 1.08 bits per heavy atom. The first-order chi connectivity index (χ1) is 34.0. The number of halogens is 4. The van der Waals surface area contributed by atoms with Gasteiger partial charge in [-0.2, -0.15) is 0 Å². The highest BCUT2D eigenvalue weighted by molar-refractivity contribution is 6.55. The van der Waals surface area contributed by atoms with Gasteiger partial charge in [-0.05, 0) is 54.3 Å². The van der Waals surface area contributed by atoms with E-state index in [9.17, 15) is 33.6 Å². The second-order valence-corrected chi connectivity index (χ2v) is 18.1. The summed E-state index contributed by atoms with van der Waals surface area (Å²) >= 11 is 26.1. The van der Waals surface area contributed by atoms with Crippen LogP contribution in [0.3, 0.4) is 0 Å². The maximum absolute atomic E-state index is 15.2. The van der Waals surface area contributed by atoms with Crippen molar-refractivity contribution in [2.75, 3.05) is 6.61 Å². The van der Waals surface area contributed by atoms with Crippen LogP contribution in [-0.4, -0.2) is 101 Å². The second kappa shape index (κ2) is 22.9. The van der Waals surface area contributed by atoms with Crippen molar-refractivity contribution in [3.8, 4) is 0 Å². The lowest BCUT2D eigenvalue weighted by Crippen LogP contribution is -2.72. The summed E-state index contributed by atoms with van der Waals surface area (Å²) in [5.41, 5.74) is -0.496. The van der Waals surface area contributed by atoms with Gasteiger partial charge in [0.2, 0.25) is 5.91 Å². The van der Waals surface area contributed by atoms with E-state index in [-0.39, 0.29) is 35.6 Å². The molecule has 1 fully saturated rings. The minimum Gasteiger partial charge on any atom is -0.459 e. The zero-order valence-electron chi connectivity index (χ0n) is 37.9. The van der Waals surface area contributed by atoms with Gasteiger partial charge in [0.15, 0.2) is 18.4 Å². The van der Waals surface area contributed by atoms with Crippen LogP contribution in [0.5, 0.6) is 0 Å². The van der Waals surface area contributed by atoms with E-state index < -0.39 is 122 Å². The number of alkyl carbamates (subject to hydrolysis) is 1. The van der Waals surface area contributed by atoms with E-state index in [0.29, 0.717) is 15.4 Å². The first kappa shape index (κ1) is 52.0. The van der Waals surface area contributed by atoms with E-state index in [4.69, 9.17) is 70.1 Å². The molecule has 368 valence electrons. The lowest BCUT2D eigenvalue weighted by atomic mass is 9.92. The van der Waals surface area contributed by atoms with Gasteiger partial charge in [-0.15, -0.1) is 0 Å². The van der Waals surface area contributed by atoms with Crippen LogP contribution in [0.25, 0.3) is 0 Å². The summed E-state index contributed by atoms with van der Waals surface area (Å²) in [4.78, 5) is 116. The summed E-state index contributed by atoms with van der Waals surface area (Å²) in [6, 6.07) is 27.6. The average molecular weight is 1050 g/mol. The predicted octanol–water partition coefficient (Wildman–Crippen LogP) is 9.01. The molecule has 0 unspecified atom stereocenters. The van der Waals surface area contributed by atoms with Crippen LogP contribution in [0.15, 0.2) is 121 Å². The summed E-state index contributed by atoms with van der Waals surface area (Å²) in [7, 11) is 0. The number of carbonyl (C=O) groups is 8.